The van der Waals surface area contributed by atoms with Crippen LogP contribution in [-0.2, 0) is 0 Å². The first kappa shape index (κ1) is 23.4. The third-order valence-corrected chi connectivity index (χ3v) is 7.63. The van der Waals surface area contributed by atoms with Gasteiger partial charge in [-0.3, -0.25) is 4.79 Å². The van der Waals surface area contributed by atoms with Crippen LogP contribution in [0, 0.1) is 0 Å². The Morgan fingerprint density at radius 2 is 1.46 bits per heavy atom. The van der Waals surface area contributed by atoms with Crippen molar-refractivity contribution >= 4 is 71.0 Å². The number of nitrogens with one attached hydrogen (secondary N) is 1. The van der Waals surface area contributed by atoms with E-state index in [1.165, 1.54) is 11.3 Å². The number of amides is 1. The highest BCUT2D eigenvalue weighted by Crippen LogP contribution is 2.38. The molecular formula is C27H16Br2N2O3S. The number of halogens is 2. The summed E-state index contributed by atoms with van der Waals surface area (Å²) in [4.78, 5) is 30.6. The maximum atomic E-state index is 13.0. The van der Waals surface area contributed by atoms with Gasteiger partial charge in [0.25, 0.3) is 5.91 Å². The first-order chi connectivity index (χ1) is 17.0. The molecule has 0 unspecified atom stereocenters. The molecule has 0 saturated carbocycles. The van der Waals surface area contributed by atoms with E-state index in [2.05, 4.69) is 37.2 Å². The summed E-state index contributed by atoms with van der Waals surface area (Å²) in [6.45, 7) is 0. The van der Waals surface area contributed by atoms with Gasteiger partial charge in [-0.1, -0.05) is 36.4 Å². The molecular weight excluding hydrogens is 592 g/mol. The van der Waals surface area contributed by atoms with Crippen LogP contribution in [0.4, 0.5) is 5.69 Å². The van der Waals surface area contributed by atoms with Gasteiger partial charge in [0.2, 0.25) is 0 Å². The van der Waals surface area contributed by atoms with Gasteiger partial charge in [0.1, 0.15) is 10.8 Å². The fourth-order valence-electron chi connectivity index (χ4n) is 3.47. The normalized spacial score (nSPS) is 10.8. The Morgan fingerprint density at radius 3 is 2.17 bits per heavy atom. The third kappa shape index (κ3) is 5.05. The summed E-state index contributed by atoms with van der Waals surface area (Å²) in [5.74, 6) is -0.503. The number of carbonyl (C=O) groups is 2. The lowest BCUT2D eigenvalue weighted by molar-refractivity contribution is 0.0734. The van der Waals surface area contributed by atoms with Crippen LogP contribution in [0.5, 0.6) is 5.75 Å². The minimum atomic E-state index is -0.519. The van der Waals surface area contributed by atoms with Crippen molar-refractivity contribution in [3.05, 3.63) is 111 Å². The van der Waals surface area contributed by atoms with Gasteiger partial charge in [-0.15, -0.1) is 11.3 Å². The second kappa shape index (κ2) is 10.1. The lowest BCUT2D eigenvalue weighted by Crippen LogP contribution is -2.13. The van der Waals surface area contributed by atoms with E-state index in [0.29, 0.717) is 42.1 Å². The van der Waals surface area contributed by atoms with Crippen LogP contribution in [0.2, 0.25) is 0 Å². The van der Waals surface area contributed by atoms with Crippen LogP contribution >= 0.6 is 43.2 Å². The molecule has 0 aliphatic rings. The second-order valence-corrected chi connectivity index (χ2v) is 10.2. The number of aromatic nitrogens is 1. The number of hydrogen-bond donors (Lipinski definition) is 1. The lowest BCUT2D eigenvalue weighted by Gasteiger charge is -2.13. The number of esters is 1. The molecule has 5 aromatic rings. The van der Waals surface area contributed by atoms with Gasteiger partial charge in [-0.2, -0.15) is 0 Å². The molecule has 5 rings (SSSR count). The van der Waals surface area contributed by atoms with Gasteiger partial charge < -0.3 is 10.1 Å². The molecule has 172 valence electrons. The average Bonchev–Trinajstić information content (AvgIpc) is 3.28. The van der Waals surface area contributed by atoms with Crippen LogP contribution in [0.15, 0.2) is 99.9 Å². The van der Waals surface area contributed by atoms with Crippen molar-refractivity contribution in [2.24, 2.45) is 0 Å². The molecule has 0 radical (unpaired) electrons. The first-order valence-electron chi connectivity index (χ1n) is 10.5. The smallest absolute Gasteiger partial charge is 0.344 e. The molecule has 1 heterocycles. The number of para-hydroxylation sites is 1. The molecule has 35 heavy (non-hydrogen) atoms. The molecule has 0 aliphatic heterocycles. The van der Waals surface area contributed by atoms with E-state index >= 15 is 0 Å². The number of thiazole rings is 1. The molecule has 0 aliphatic carbocycles. The molecule has 1 aromatic heterocycles. The van der Waals surface area contributed by atoms with Crippen LogP contribution in [0.1, 0.15) is 20.7 Å². The summed E-state index contributed by atoms with van der Waals surface area (Å²) in [5, 5.41) is 3.60. The maximum Gasteiger partial charge on any atom is 0.344 e. The molecule has 5 nitrogen and oxygen atoms in total. The summed E-state index contributed by atoms with van der Waals surface area (Å²) >= 11 is 8.32. The van der Waals surface area contributed by atoms with Crippen LogP contribution in [0.25, 0.3) is 20.8 Å². The Morgan fingerprint density at radius 1 is 0.800 bits per heavy atom. The Hall–Kier alpha value is -3.33. The molecule has 0 spiro atoms. The van der Waals surface area contributed by atoms with Crippen molar-refractivity contribution in [2.45, 2.75) is 0 Å². The van der Waals surface area contributed by atoms with Gasteiger partial charge in [-0.05, 0) is 80.4 Å². The van der Waals surface area contributed by atoms with Gasteiger partial charge in [0.05, 0.1) is 26.9 Å². The van der Waals surface area contributed by atoms with Crippen molar-refractivity contribution in [1.29, 1.82) is 0 Å². The number of hydrogen-bond acceptors (Lipinski definition) is 5. The number of carbonyl (C=O) groups excluding carboxylic acids is 2. The Bertz CT molecular complexity index is 1550. The van der Waals surface area contributed by atoms with Crippen molar-refractivity contribution in [3.63, 3.8) is 0 Å². The molecule has 8 heteroatoms. The zero-order valence-corrected chi connectivity index (χ0v) is 22.0. The second-order valence-electron chi connectivity index (χ2n) is 7.50. The number of nitrogens with zero attached hydrogens (tertiary/aromatic N) is 1. The van der Waals surface area contributed by atoms with Crippen LogP contribution < -0.4 is 10.1 Å². The lowest BCUT2D eigenvalue weighted by atomic mass is 10.1. The van der Waals surface area contributed by atoms with Gasteiger partial charge in [0.15, 0.2) is 0 Å². The van der Waals surface area contributed by atoms with E-state index in [1.54, 1.807) is 54.6 Å². The molecule has 0 atom stereocenters. The van der Waals surface area contributed by atoms with Gasteiger partial charge in [-0.25, -0.2) is 9.78 Å². The summed E-state index contributed by atoms with van der Waals surface area (Å²) in [5.41, 5.74) is 2.90. The monoisotopic (exact) mass is 606 g/mol. The fraction of sp³-hybridized carbons (Fsp3) is 0. The number of fused-ring (bicyclic) bond motifs is 1. The number of ether oxygens (including phenoxy) is 1. The summed E-state index contributed by atoms with van der Waals surface area (Å²) in [6.07, 6.45) is 0. The van der Waals surface area contributed by atoms with Crippen molar-refractivity contribution in [2.75, 3.05) is 5.32 Å². The predicted molar refractivity (Wildman–Crippen MR) is 146 cm³/mol. The van der Waals surface area contributed by atoms with Crippen molar-refractivity contribution < 1.29 is 14.3 Å². The summed E-state index contributed by atoms with van der Waals surface area (Å²) in [7, 11) is 0. The van der Waals surface area contributed by atoms with E-state index in [9.17, 15) is 9.59 Å². The van der Waals surface area contributed by atoms with E-state index in [1.807, 2.05) is 36.4 Å². The molecule has 4 aromatic carbocycles. The molecule has 0 saturated heterocycles. The average molecular weight is 608 g/mol. The SMILES string of the molecule is O=C(Nc1ccc(-c2nc3ccccc3s2)c(OC(=O)c2ccccc2Br)c1)c1ccccc1Br. The molecule has 1 N–H and O–H groups in total. The van der Waals surface area contributed by atoms with E-state index < -0.39 is 5.97 Å². The summed E-state index contributed by atoms with van der Waals surface area (Å²) < 4.78 is 8.19. The van der Waals surface area contributed by atoms with E-state index in [0.717, 1.165) is 10.2 Å². The predicted octanol–water partition coefficient (Wildman–Crippen LogP) is 7.96. The zero-order valence-electron chi connectivity index (χ0n) is 18.0. The van der Waals surface area contributed by atoms with E-state index in [4.69, 9.17) is 9.72 Å². The highest BCUT2D eigenvalue weighted by Gasteiger charge is 2.19. The Kier molecular flexibility index (Phi) is 6.77. The number of anilines is 1. The number of rotatable bonds is 5. The Balaban J connectivity index is 1.53. The Labute approximate surface area is 222 Å². The standard InChI is InChI=1S/C27H16Br2N2O3S/c28-20-9-3-1-7-17(20)25(32)30-16-13-14-19(26-31-22-11-5-6-12-24(22)35-26)23(15-16)34-27(33)18-8-2-4-10-21(18)29/h1-15H,(H,30,32). The van der Waals surface area contributed by atoms with Gasteiger partial charge in [0, 0.05) is 20.7 Å². The summed E-state index contributed by atoms with van der Waals surface area (Å²) in [6, 6.07) is 27.2. The molecule has 0 fully saturated rings. The van der Waals surface area contributed by atoms with Crippen LogP contribution in [-0.4, -0.2) is 16.9 Å². The highest BCUT2D eigenvalue weighted by atomic mass is 79.9. The fourth-order valence-corrected chi connectivity index (χ4v) is 5.38. The van der Waals surface area contributed by atoms with Crippen LogP contribution in [0.3, 0.4) is 0 Å². The topological polar surface area (TPSA) is 68.3 Å². The van der Waals surface area contributed by atoms with Crippen molar-refractivity contribution in [1.82, 2.24) is 4.98 Å². The minimum Gasteiger partial charge on any atom is -0.422 e. The maximum absolute atomic E-state index is 13.0. The largest absolute Gasteiger partial charge is 0.422 e. The molecule has 1 amide bonds. The first-order valence-corrected chi connectivity index (χ1v) is 12.9. The van der Waals surface area contributed by atoms with Crippen molar-refractivity contribution in [3.8, 4) is 16.3 Å². The minimum absolute atomic E-state index is 0.284. The van der Waals surface area contributed by atoms with Gasteiger partial charge >= 0.3 is 5.97 Å². The highest BCUT2D eigenvalue weighted by molar-refractivity contribution is 9.10. The quantitative estimate of drug-likeness (QED) is 0.163. The third-order valence-electron chi connectivity index (χ3n) is 5.18. The zero-order chi connectivity index (χ0) is 24.4. The number of benzene rings is 4. The van der Waals surface area contributed by atoms with E-state index in [-0.39, 0.29) is 5.91 Å². The molecule has 0 bridgehead atoms.